The largest absolute Gasteiger partial charge is 0.464 e. The Labute approximate surface area is 144 Å². The first-order chi connectivity index (χ1) is 11.8. The monoisotopic (exact) mass is 371 g/mol. The van der Waals surface area contributed by atoms with Crippen molar-refractivity contribution in [2.75, 3.05) is 13.2 Å². The Morgan fingerprint density at radius 3 is 2.84 bits per heavy atom. The molecule has 0 aromatic carbocycles. The van der Waals surface area contributed by atoms with Gasteiger partial charge in [-0.05, 0) is 25.0 Å². The number of urea groups is 1. The molecule has 2 bridgehead atoms. The average Bonchev–Trinajstić information content (AvgIpc) is 2.79. The van der Waals surface area contributed by atoms with Gasteiger partial charge in [0.2, 0.25) is 0 Å². The molecule has 3 rings (SSSR count). The minimum absolute atomic E-state index is 0.128. The van der Waals surface area contributed by atoms with Crippen molar-refractivity contribution >= 4 is 22.4 Å². The quantitative estimate of drug-likeness (QED) is 0.554. The van der Waals surface area contributed by atoms with Gasteiger partial charge in [-0.2, -0.15) is 13.5 Å². The molecule has 11 heteroatoms. The highest BCUT2D eigenvalue weighted by Gasteiger charge is 2.49. The number of ether oxygens (including phenoxy) is 1. The molecule has 2 saturated heterocycles. The molecular weight excluding hydrogens is 354 g/mol. The van der Waals surface area contributed by atoms with Crippen LogP contribution in [0.4, 0.5) is 4.79 Å². The molecule has 0 saturated carbocycles. The Hall–Kier alpha value is -2.24. The molecule has 136 valence electrons. The third-order valence-electron chi connectivity index (χ3n) is 4.10. The SMILES string of the molecule is O=C(OCCc1ccccn1)[C@H]1CC[C@@H]2CN1C(=O)N2OS(=O)(=O)O. The zero-order valence-corrected chi connectivity index (χ0v) is 14.0. The lowest BCUT2D eigenvalue weighted by Crippen LogP contribution is -2.46. The molecule has 1 aromatic heterocycles. The van der Waals surface area contributed by atoms with Crippen LogP contribution < -0.4 is 0 Å². The summed E-state index contributed by atoms with van der Waals surface area (Å²) in [5.74, 6) is -0.559. The van der Waals surface area contributed by atoms with E-state index in [0.717, 1.165) is 5.69 Å². The van der Waals surface area contributed by atoms with Crippen LogP contribution in [0, 0.1) is 0 Å². The zero-order valence-electron chi connectivity index (χ0n) is 13.1. The number of carbonyl (C=O) groups is 2. The summed E-state index contributed by atoms with van der Waals surface area (Å²) in [7, 11) is -4.81. The first-order valence-electron chi connectivity index (χ1n) is 7.68. The van der Waals surface area contributed by atoms with Gasteiger partial charge in [0.25, 0.3) is 0 Å². The molecule has 0 aliphatic carbocycles. The number of piperidine rings is 1. The van der Waals surface area contributed by atoms with Crippen molar-refractivity contribution in [3.8, 4) is 0 Å². The zero-order chi connectivity index (χ0) is 18.0. The lowest BCUT2D eigenvalue weighted by atomic mass is 10.0. The first kappa shape index (κ1) is 17.6. The van der Waals surface area contributed by atoms with E-state index in [1.807, 2.05) is 12.1 Å². The highest BCUT2D eigenvalue weighted by atomic mass is 32.3. The van der Waals surface area contributed by atoms with Crippen molar-refractivity contribution in [2.45, 2.75) is 31.3 Å². The fourth-order valence-electron chi connectivity index (χ4n) is 2.97. The maximum Gasteiger partial charge on any atom is 0.418 e. The molecule has 1 aromatic rings. The number of fused-ring (bicyclic) bond motifs is 2. The minimum atomic E-state index is -4.81. The second-order valence-corrected chi connectivity index (χ2v) is 6.75. The highest BCUT2D eigenvalue weighted by molar-refractivity contribution is 7.80. The van der Waals surface area contributed by atoms with Crippen LogP contribution in [0.25, 0.3) is 0 Å². The summed E-state index contributed by atoms with van der Waals surface area (Å²) < 4.78 is 39.9. The molecule has 2 aliphatic heterocycles. The minimum Gasteiger partial charge on any atom is -0.464 e. The van der Waals surface area contributed by atoms with Crippen molar-refractivity contribution in [1.82, 2.24) is 14.9 Å². The number of rotatable bonds is 6. The van der Waals surface area contributed by atoms with E-state index in [1.165, 1.54) is 4.90 Å². The fourth-order valence-corrected chi connectivity index (χ4v) is 3.36. The maximum atomic E-state index is 12.3. The number of carbonyl (C=O) groups excluding carboxylic acids is 2. The number of esters is 1. The van der Waals surface area contributed by atoms with Crippen molar-refractivity contribution in [3.05, 3.63) is 30.1 Å². The smallest absolute Gasteiger partial charge is 0.418 e. The van der Waals surface area contributed by atoms with Crippen LogP contribution in [0.15, 0.2) is 24.4 Å². The van der Waals surface area contributed by atoms with Gasteiger partial charge in [-0.15, -0.1) is 4.28 Å². The Balaban J connectivity index is 1.57. The number of pyridine rings is 1. The summed E-state index contributed by atoms with van der Waals surface area (Å²) in [6.07, 6.45) is 2.78. The second kappa shape index (κ2) is 6.94. The molecular formula is C14H17N3O7S. The summed E-state index contributed by atoms with van der Waals surface area (Å²) in [6.45, 7) is 0.261. The number of amides is 2. The molecule has 2 aliphatic rings. The molecule has 25 heavy (non-hydrogen) atoms. The van der Waals surface area contributed by atoms with Crippen LogP contribution in [-0.2, 0) is 30.6 Å². The Kier molecular flexibility index (Phi) is 4.88. The van der Waals surface area contributed by atoms with E-state index < -0.39 is 34.5 Å². The number of hydrogen-bond acceptors (Lipinski definition) is 7. The molecule has 2 atom stereocenters. The molecule has 3 heterocycles. The maximum absolute atomic E-state index is 12.3. The van der Waals surface area contributed by atoms with Gasteiger partial charge in [0.15, 0.2) is 0 Å². The summed E-state index contributed by atoms with van der Waals surface area (Å²) >= 11 is 0. The lowest BCUT2D eigenvalue weighted by molar-refractivity contribution is -0.149. The summed E-state index contributed by atoms with van der Waals surface area (Å²) in [6, 6.07) is 3.31. The predicted octanol–water partition coefficient (Wildman–Crippen LogP) is 0.170. The van der Waals surface area contributed by atoms with E-state index in [4.69, 9.17) is 9.29 Å². The number of hydroxylamine groups is 2. The Bertz CT molecular complexity index is 755. The van der Waals surface area contributed by atoms with Gasteiger partial charge >= 0.3 is 22.4 Å². The second-order valence-electron chi connectivity index (χ2n) is 5.75. The molecule has 10 nitrogen and oxygen atoms in total. The van der Waals surface area contributed by atoms with Gasteiger partial charge in [0, 0.05) is 24.9 Å². The van der Waals surface area contributed by atoms with E-state index >= 15 is 0 Å². The van der Waals surface area contributed by atoms with E-state index in [1.54, 1.807) is 12.3 Å². The van der Waals surface area contributed by atoms with Gasteiger partial charge in [-0.3, -0.25) is 9.54 Å². The number of nitrogens with zero attached hydrogens (tertiary/aromatic N) is 3. The summed E-state index contributed by atoms with van der Waals surface area (Å²) in [5, 5.41) is 0.594. The topological polar surface area (TPSA) is 126 Å². The molecule has 2 fully saturated rings. The van der Waals surface area contributed by atoms with Crippen LogP contribution in [0.2, 0.25) is 0 Å². The van der Waals surface area contributed by atoms with Crippen LogP contribution in [0.5, 0.6) is 0 Å². The lowest BCUT2D eigenvalue weighted by Gasteiger charge is -2.28. The van der Waals surface area contributed by atoms with E-state index in [-0.39, 0.29) is 13.2 Å². The van der Waals surface area contributed by atoms with E-state index in [9.17, 15) is 18.0 Å². The van der Waals surface area contributed by atoms with Crippen LogP contribution in [0.3, 0.4) is 0 Å². The van der Waals surface area contributed by atoms with Crippen molar-refractivity contribution < 1.29 is 31.6 Å². The standard InChI is InChI=1S/C14H17N3O7S/c18-13(23-8-6-10-3-1-2-7-15-10)12-5-4-11-9-16(12)14(19)17(11)24-25(20,21)22/h1-3,7,11-12H,4-6,8-9H2,(H,20,21,22)/t11-,12-/m1/s1. The van der Waals surface area contributed by atoms with Crippen molar-refractivity contribution in [1.29, 1.82) is 0 Å². The molecule has 2 amide bonds. The number of hydrogen-bond donors (Lipinski definition) is 1. The predicted molar refractivity (Wildman–Crippen MR) is 82.3 cm³/mol. The summed E-state index contributed by atoms with van der Waals surface area (Å²) in [4.78, 5) is 29.8. The normalized spacial score (nSPS) is 23.0. The van der Waals surface area contributed by atoms with Gasteiger partial charge in [0.05, 0.1) is 12.6 Å². The molecule has 0 radical (unpaired) electrons. The van der Waals surface area contributed by atoms with Gasteiger partial charge in [0.1, 0.15) is 6.04 Å². The summed E-state index contributed by atoms with van der Waals surface area (Å²) in [5.41, 5.74) is 0.781. The van der Waals surface area contributed by atoms with Crippen LogP contribution >= 0.6 is 0 Å². The average molecular weight is 371 g/mol. The van der Waals surface area contributed by atoms with Gasteiger partial charge in [-0.1, -0.05) is 6.07 Å². The van der Waals surface area contributed by atoms with Gasteiger partial charge < -0.3 is 9.64 Å². The van der Waals surface area contributed by atoms with Crippen LogP contribution in [-0.4, -0.2) is 65.2 Å². The van der Waals surface area contributed by atoms with Crippen LogP contribution in [0.1, 0.15) is 18.5 Å². The van der Waals surface area contributed by atoms with E-state index in [2.05, 4.69) is 9.27 Å². The third kappa shape index (κ3) is 4.06. The highest BCUT2D eigenvalue weighted by Crippen LogP contribution is 2.31. The third-order valence-corrected chi connectivity index (χ3v) is 4.45. The molecule has 1 N–H and O–H groups in total. The Morgan fingerprint density at radius 1 is 1.36 bits per heavy atom. The van der Waals surface area contributed by atoms with Crippen molar-refractivity contribution in [2.24, 2.45) is 0 Å². The fraction of sp³-hybridized carbons (Fsp3) is 0.500. The molecule has 0 unspecified atom stereocenters. The number of aromatic nitrogens is 1. The van der Waals surface area contributed by atoms with E-state index in [0.29, 0.717) is 24.3 Å². The van der Waals surface area contributed by atoms with Crippen molar-refractivity contribution in [3.63, 3.8) is 0 Å². The first-order valence-corrected chi connectivity index (χ1v) is 9.05. The Morgan fingerprint density at radius 2 is 2.16 bits per heavy atom. The molecule has 0 spiro atoms. The van der Waals surface area contributed by atoms with Gasteiger partial charge in [-0.25, -0.2) is 9.59 Å².